The molecule has 0 aliphatic carbocycles. The first-order valence-electron chi connectivity index (χ1n) is 9.46. The van der Waals surface area contributed by atoms with Crippen molar-refractivity contribution >= 4 is 5.91 Å². The fourth-order valence-electron chi connectivity index (χ4n) is 3.47. The highest BCUT2D eigenvalue weighted by Crippen LogP contribution is 2.32. The van der Waals surface area contributed by atoms with Gasteiger partial charge in [0.15, 0.2) is 0 Å². The molecule has 4 rings (SSSR count). The monoisotopic (exact) mass is 378 g/mol. The third-order valence-corrected chi connectivity index (χ3v) is 4.95. The van der Waals surface area contributed by atoms with E-state index in [1.54, 1.807) is 25.4 Å². The van der Waals surface area contributed by atoms with Crippen LogP contribution in [-0.2, 0) is 0 Å². The van der Waals surface area contributed by atoms with Gasteiger partial charge in [0.25, 0.3) is 5.91 Å². The quantitative estimate of drug-likeness (QED) is 0.685. The number of pyridine rings is 1. The molecule has 28 heavy (non-hydrogen) atoms. The van der Waals surface area contributed by atoms with E-state index in [1.807, 2.05) is 35.2 Å². The van der Waals surface area contributed by atoms with Crippen molar-refractivity contribution in [3.8, 4) is 17.3 Å². The maximum atomic E-state index is 13.2. The zero-order valence-corrected chi connectivity index (χ0v) is 15.7. The Morgan fingerprint density at radius 1 is 1.11 bits per heavy atom. The summed E-state index contributed by atoms with van der Waals surface area (Å²) in [5.74, 6) is 1.35. The molecule has 3 heterocycles. The number of aromatic nitrogens is 3. The van der Waals surface area contributed by atoms with Gasteiger partial charge in [-0.3, -0.25) is 4.79 Å². The Hall–Kier alpha value is -3.22. The van der Waals surface area contributed by atoms with Crippen LogP contribution in [0.25, 0.3) is 11.5 Å². The van der Waals surface area contributed by atoms with Crippen LogP contribution in [0.3, 0.4) is 0 Å². The largest absolute Gasteiger partial charge is 0.481 e. The van der Waals surface area contributed by atoms with Crippen LogP contribution >= 0.6 is 0 Å². The number of benzene rings is 1. The molecule has 1 aliphatic rings. The molecule has 144 valence electrons. The number of rotatable bonds is 4. The van der Waals surface area contributed by atoms with Crippen LogP contribution in [0.5, 0.6) is 5.88 Å². The van der Waals surface area contributed by atoms with Crippen molar-refractivity contribution < 1.29 is 13.9 Å². The molecule has 0 saturated carbocycles. The van der Waals surface area contributed by atoms with Crippen molar-refractivity contribution in [1.82, 2.24) is 20.1 Å². The zero-order chi connectivity index (χ0) is 19.3. The molecule has 1 aromatic carbocycles. The third-order valence-electron chi connectivity index (χ3n) is 4.95. The molecule has 2 aromatic heterocycles. The first-order chi connectivity index (χ1) is 13.8. The second-order valence-electron chi connectivity index (χ2n) is 6.76. The number of likely N-dealkylation sites (tertiary alicyclic amines) is 1. The van der Waals surface area contributed by atoms with Gasteiger partial charge in [-0.15, -0.1) is 10.2 Å². The van der Waals surface area contributed by atoms with Gasteiger partial charge in [0.05, 0.1) is 12.7 Å². The van der Waals surface area contributed by atoms with Crippen LogP contribution in [0.4, 0.5) is 0 Å². The molecule has 0 N–H and O–H groups in total. The summed E-state index contributed by atoms with van der Waals surface area (Å²) < 4.78 is 11.0. The number of ether oxygens (including phenoxy) is 1. The summed E-state index contributed by atoms with van der Waals surface area (Å²) in [5, 5.41) is 8.46. The normalized spacial score (nSPS) is 17.2. The summed E-state index contributed by atoms with van der Waals surface area (Å²) in [6.07, 6.45) is 5.38. The SMILES string of the molecule is COc1ccc(C(=O)N2CCCCCC2c2nnc(-c3ccccc3)o2)cn1. The summed E-state index contributed by atoms with van der Waals surface area (Å²) in [5.41, 5.74) is 1.39. The van der Waals surface area contributed by atoms with Crippen LogP contribution < -0.4 is 4.74 Å². The molecule has 1 fully saturated rings. The molecule has 7 heteroatoms. The van der Waals surface area contributed by atoms with Crippen molar-refractivity contribution in [2.45, 2.75) is 31.7 Å². The number of carbonyl (C=O) groups excluding carboxylic acids is 1. The summed E-state index contributed by atoms with van der Waals surface area (Å²) in [4.78, 5) is 19.2. The Kier molecular flexibility index (Phi) is 5.32. The van der Waals surface area contributed by atoms with E-state index < -0.39 is 0 Å². The van der Waals surface area contributed by atoms with Gasteiger partial charge in [-0.25, -0.2) is 4.98 Å². The molecule has 1 saturated heterocycles. The van der Waals surface area contributed by atoms with Crippen molar-refractivity contribution in [2.24, 2.45) is 0 Å². The van der Waals surface area contributed by atoms with Gasteiger partial charge < -0.3 is 14.1 Å². The molecule has 1 amide bonds. The third kappa shape index (κ3) is 3.74. The Labute approximate surface area is 163 Å². The van der Waals surface area contributed by atoms with Crippen molar-refractivity contribution in [2.75, 3.05) is 13.7 Å². The molecule has 7 nitrogen and oxygen atoms in total. The fourth-order valence-corrected chi connectivity index (χ4v) is 3.47. The Balaban J connectivity index is 1.61. The molecule has 0 spiro atoms. The minimum Gasteiger partial charge on any atom is -0.481 e. The van der Waals surface area contributed by atoms with E-state index in [4.69, 9.17) is 9.15 Å². The fraction of sp³-hybridized carbons (Fsp3) is 0.333. The molecule has 1 aliphatic heterocycles. The molecular weight excluding hydrogens is 356 g/mol. The number of carbonyl (C=O) groups is 1. The Morgan fingerprint density at radius 2 is 1.96 bits per heavy atom. The van der Waals surface area contributed by atoms with Crippen molar-refractivity contribution in [3.05, 3.63) is 60.1 Å². The predicted molar refractivity (Wildman–Crippen MR) is 103 cm³/mol. The van der Waals surface area contributed by atoms with Crippen LogP contribution in [-0.4, -0.2) is 39.6 Å². The molecule has 1 atom stereocenters. The number of nitrogens with zero attached hydrogens (tertiary/aromatic N) is 4. The van der Waals surface area contributed by atoms with Gasteiger partial charge in [-0.05, 0) is 31.0 Å². The van der Waals surface area contributed by atoms with Crippen LogP contribution in [0, 0.1) is 0 Å². The minimum atomic E-state index is -0.234. The van der Waals surface area contributed by atoms with Gasteiger partial charge >= 0.3 is 0 Å². The van der Waals surface area contributed by atoms with E-state index in [1.165, 1.54) is 0 Å². The highest BCUT2D eigenvalue weighted by atomic mass is 16.5. The average molecular weight is 378 g/mol. The average Bonchev–Trinajstić information content (AvgIpc) is 3.12. The second-order valence-corrected chi connectivity index (χ2v) is 6.76. The van der Waals surface area contributed by atoms with E-state index in [0.29, 0.717) is 29.8 Å². The lowest BCUT2D eigenvalue weighted by molar-refractivity contribution is 0.0652. The maximum absolute atomic E-state index is 13.2. The maximum Gasteiger partial charge on any atom is 0.256 e. The molecule has 1 unspecified atom stereocenters. The van der Waals surface area contributed by atoms with Gasteiger partial charge in [0.1, 0.15) is 6.04 Å². The Morgan fingerprint density at radius 3 is 2.71 bits per heavy atom. The zero-order valence-electron chi connectivity index (χ0n) is 15.7. The number of hydrogen-bond donors (Lipinski definition) is 0. The highest BCUT2D eigenvalue weighted by Gasteiger charge is 2.31. The number of methoxy groups -OCH3 is 1. The highest BCUT2D eigenvalue weighted by molar-refractivity contribution is 5.94. The van der Waals surface area contributed by atoms with Gasteiger partial charge in [-0.2, -0.15) is 0 Å². The number of amides is 1. The van der Waals surface area contributed by atoms with Crippen LogP contribution in [0.1, 0.15) is 48.0 Å². The minimum absolute atomic E-state index is 0.0819. The standard InChI is InChI=1S/C21H22N4O3/c1-27-18-12-11-16(14-22-18)21(26)25-13-7-3-6-10-17(25)20-24-23-19(28-20)15-8-4-2-5-9-15/h2,4-5,8-9,11-12,14,17H,3,6-7,10,13H2,1H3. The van der Waals surface area contributed by atoms with E-state index in [-0.39, 0.29) is 11.9 Å². The Bertz CT molecular complexity index is 924. The molecular formula is C21H22N4O3. The van der Waals surface area contributed by atoms with Crippen LogP contribution in [0.2, 0.25) is 0 Å². The van der Waals surface area contributed by atoms with E-state index >= 15 is 0 Å². The smallest absolute Gasteiger partial charge is 0.256 e. The first kappa shape index (κ1) is 18.2. The van der Waals surface area contributed by atoms with E-state index in [0.717, 1.165) is 31.2 Å². The molecule has 0 radical (unpaired) electrons. The molecule has 3 aromatic rings. The van der Waals surface area contributed by atoms with Gasteiger partial charge in [0, 0.05) is 24.4 Å². The van der Waals surface area contributed by atoms with Crippen LogP contribution in [0.15, 0.2) is 53.1 Å². The van der Waals surface area contributed by atoms with Crippen molar-refractivity contribution in [3.63, 3.8) is 0 Å². The van der Waals surface area contributed by atoms with Gasteiger partial charge in [-0.1, -0.05) is 31.0 Å². The lowest BCUT2D eigenvalue weighted by Gasteiger charge is -2.27. The first-order valence-corrected chi connectivity index (χ1v) is 9.46. The summed E-state index contributed by atoms with van der Waals surface area (Å²) in [6.45, 7) is 0.651. The molecule has 0 bridgehead atoms. The summed E-state index contributed by atoms with van der Waals surface area (Å²) in [7, 11) is 1.55. The van der Waals surface area contributed by atoms with Crippen molar-refractivity contribution in [1.29, 1.82) is 0 Å². The summed E-state index contributed by atoms with van der Waals surface area (Å²) >= 11 is 0. The van der Waals surface area contributed by atoms with Gasteiger partial charge in [0.2, 0.25) is 17.7 Å². The lowest BCUT2D eigenvalue weighted by atomic mass is 10.1. The number of hydrogen-bond acceptors (Lipinski definition) is 6. The predicted octanol–water partition coefficient (Wildman–Crippen LogP) is 3.90. The van der Waals surface area contributed by atoms with E-state index in [9.17, 15) is 4.79 Å². The lowest BCUT2D eigenvalue weighted by Crippen LogP contribution is -2.35. The topological polar surface area (TPSA) is 81.4 Å². The summed E-state index contributed by atoms with van der Waals surface area (Å²) in [6, 6.07) is 12.8. The second kappa shape index (κ2) is 8.21. The van der Waals surface area contributed by atoms with E-state index in [2.05, 4.69) is 15.2 Å².